The molecule has 14 heavy (non-hydrogen) atoms. The molecular formula is C9H20FNO2S. The number of alkyl halides is 1. The first-order valence-corrected chi connectivity index (χ1v) is 6.65. The maximum absolute atomic E-state index is 13.0. The van der Waals surface area contributed by atoms with Gasteiger partial charge in [-0.1, -0.05) is 32.6 Å². The fourth-order valence-corrected chi connectivity index (χ4v) is 1.92. The Morgan fingerprint density at radius 2 is 1.79 bits per heavy atom. The second kappa shape index (κ2) is 7.17. The third kappa shape index (κ3) is 5.54. The Labute approximate surface area is 86.1 Å². The van der Waals surface area contributed by atoms with Crippen molar-refractivity contribution in [2.75, 3.05) is 7.05 Å². The van der Waals surface area contributed by atoms with Crippen LogP contribution in [0, 0.1) is 0 Å². The topological polar surface area (TPSA) is 46.2 Å². The molecule has 0 fully saturated rings. The minimum absolute atomic E-state index is 0.104. The third-order valence-electron chi connectivity index (χ3n) is 2.16. The molecular weight excluding hydrogens is 205 g/mol. The number of rotatable bonds is 8. The first-order valence-electron chi connectivity index (χ1n) is 5.11. The Bertz CT molecular complexity index is 229. The van der Waals surface area contributed by atoms with Crippen molar-refractivity contribution in [3.63, 3.8) is 0 Å². The lowest BCUT2D eigenvalue weighted by atomic mass is 10.1. The molecule has 86 valence electrons. The summed E-state index contributed by atoms with van der Waals surface area (Å²) in [4.78, 5) is 0. The van der Waals surface area contributed by atoms with Crippen molar-refractivity contribution in [2.24, 2.45) is 0 Å². The van der Waals surface area contributed by atoms with Gasteiger partial charge in [-0.2, -0.15) is 0 Å². The quantitative estimate of drug-likeness (QED) is 0.644. The van der Waals surface area contributed by atoms with E-state index in [4.69, 9.17) is 0 Å². The maximum Gasteiger partial charge on any atom is 0.243 e. The normalized spacial score (nSPS) is 14.2. The van der Waals surface area contributed by atoms with E-state index in [2.05, 4.69) is 6.92 Å². The first-order chi connectivity index (χ1) is 6.54. The van der Waals surface area contributed by atoms with Gasteiger partial charge in [0.05, 0.1) is 0 Å². The van der Waals surface area contributed by atoms with Crippen molar-refractivity contribution in [2.45, 2.75) is 51.0 Å². The fourth-order valence-electron chi connectivity index (χ4n) is 1.19. The molecule has 0 radical (unpaired) electrons. The van der Waals surface area contributed by atoms with Gasteiger partial charge in [0, 0.05) is 0 Å². The summed E-state index contributed by atoms with van der Waals surface area (Å²) in [5.41, 5.74) is -1.76. The molecule has 0 amide bonds. The number of hydrogen-bond acceptors (Lipinski definition) is 2. The minimum atomic E-state index is -3.71. The van der Waals surface area contributed by atoms with Crippen LogP contribution in [-0.4, -0.2) is 21.0 Å². The van der Waals surface area contributed by atoms with Crippen LogP contribution in [0.4, 0.5) is 4.39 Å². The highest BCUT2D eigenvalue weighted by molar-refractivity contribution is 7.89. The zero-order chi connectivity index (χ0) is 11.0. The molecule has 0 aliphatic carbocycles. The monoisotopic (exact) mass is 225 g/mol. The molecule has 1 atom stereocenters. The number of hydrogen-bond donors (Lipinski definition) is 1. The van der Waals surface area contributed by atoms with E-state index in [0.717, 1.165) is 25.7 Å². The van der Waals surface area contributed by atoms with Gasteiger partial charge in [-0.25, -0.2) is 17.5 Å². The van der Waals surface area contributed by atoms with Gasteiger partial charge in [-0.05, 0) is 19.9 Å². The van der Waals surface area contributed by atoms with Crippen LogP contribution in [0.25, 0.3) is 0 Å². The highest BCUT2D eigenvalue weighted by Crippen LogP contribution is 2.12. The fraction of sp³-hybridized carbons (Fsp3) is 1.00. The van der Waals surface area contributed by atoms with Crippen LogP contribution in [0.1, 0.15) is 45.4 Å². The molecule has 0 aromatic rings. The van der Waals surface area contributed by atoms with E-state index >= 15 is 0 Å². The van der Waals surface area contributed by atoms with Gasteiger partial charge in [-0.15, -0.1) is 0 Å². The molecule has 0 rings (SSSR count). The zero-order valence-corrected chi connectivity index (χ0v) is 9.74. The van der Waals surface area contributed by atoms with Crippen LogP contribution >= 0.6 is 0 Å². The average Bonchev–Trinajstić information content (AvgIpc) is 2.17. The number of halogens is 1. The SMILES string of the molecule is CCCCCCCC(F)S(=O)(=O)NC. The van der Waals surface area contributed by atoms with Crippen LogP contribution in [0.15, 0.2) is 0 Å². The predicted molar refractivity (Wildman–Crippen MR) is 56.3 cm³/mol. The van der Waals surface area contributed by atoms with Crippen LogP contribution < -0.4 is 4.72 Å². The minimum Gasteiger partial charge on any atom is -0.229 e. The second-order valence-corrected chi connectivity index (χ2v) is 5.37. The van der Waals surface area contributed by atoms with Crippen LogP contribution in [0.2, 0.25) is 0 Å². The number of nitrogens with one attached hydrogen (secondary N) is 1. The van der Waals surface area contributed by atoms with Crippen molar-refractivity contribution in [3.8, 4) is 0 Å². The van der Waals surface area contributed by atoms with E-state index in [9.17, 15) is 12.8 Å². The molecule has 0 saturated heterocycles. The summed E-state index contributed by atoms with van der Waals surface area (Å²) >= 11 is 0. The smallest absolute Gasteiger partial charge is 0.229 e. The summed E-state index contributed by atoms with van der Waals surface area (Å²) in [6.07, 6.45) is 4.98. The molecule has 0 bridgehead atoms. The van der Waals surface area contributed by atoms with Gasteiger partial charge in [0.1, 0.15) is 0 Å². The standard InChI is InChI=1S/C9H20FNO2S/c1-3-4-5-6-7-8-9(10)14(12,13)11-2/h9,11H,3-8H2,1-2H3. The summed E-state index contributed by atoms with van der Waals surface area (Å²) in [5, 5.41) is 0. The summed E-state index contributed by atoms with van der Waals surface area (Å²) in [5.74, 6) is 0. The molecule has 0 aromatic heterocycles. The van der Waals surface area contributed by atoms with Crippen LogP contribution in [-0.2, 0) is 10.0 Å². The van der Waals surface area contributed by atoms with Gasteiger partial charge >= 0.3 is 0 Å². The molecule has 3 nitrogen and oxygen atoms in total. The largest absolute Gasteiger partial charge is 0.243 e. The Kier molecular flexibility index (Phi) is 7.09. The number of unbranched alkanes of at least 4 members (excludes halogenated alkanes) is 4. The molecule has 5 heteroatoms. The van der Waals surface area contributed by atoms with E-state index in [0.29, 0.717) is 6.42 Å². The predicted octanol–water partition coefficient (Wildman–Crippen LogP) is 2.19. The molecule has 0 aliphatic heterocycles. The van der Waals surface area contributed by atoms with Gasteiger partial charge in [0.25, 0.3) is 0 Å². The van der Waals surface area contributed by atoms with E-state index in [1.54, 1.807) is 0 Å². The molecule has 0 aliphatic rings. The molecule has 0 aromatic carbocycles. The third-order valence-corrected chi connectivity index (χ3v) is 3.63. The van der Waals surface area contributed by atoms with E-state index in [-0.39, 0.29) is 6.42 Å². The van der Waals surface area contributed by atoms with Crippen molar-refractivity contribution in [1.29, 1.82) is 0 Å². The van der Waals surface area contributed by atoms with E-state index in [1.165, 1.54) is 7.05 Å². The van der Waals surface area contributed by atoms with E-state index in [1.807, 2.05) is 4.72 Å². The highest BCUT2D eigenvalue weighted by Gasteiger charge is 2.21. The first kappa shape index (κ1) is 13.8. The maximum atomic E-state index is 13.0. The lowest BCUT2D eigenvalue weighted by Gasteiger charge is -2.07. The molecule has 0 spiro atoms. The Morgan fingerprint density at radius 1 is 1.21 bits per heavy atom. The number of sulfonamides is 1. The summed E-state index contributed by atoms with van der Waals surface area (Å²) < 4.78 is 36.9. The zero-order valence-electron chi connectivity index (χ0n) is 8.92. The lowest BCUT2D eigenvalue weighted by Crippen LogP contribution is -2.28. The van der Waals surface area contributed by atoms with Crippen molar-refractivity contribution >= 4 is 10.0 Å². The van der Waals surface area contributed by atoms with E-state index < -0.39 is 15.5 Å². The van der Waals surface area contributed by atoms with Crippen molar-refractivity contribution in [3.05, 3.63) is 0 Å². The van der Waals surface area contributed by atoms with Gasteiger partial charge in [0.15, 0.2) is 0 Å². The molecule has 1 N–H and O–H groups in total. The Hall–Kier alpha value is -0.160. The van der Waals surface area contributed by atoms with Crippen LogP contribution in [0.5, 0.6) is 0 Å². The van der Waals surface area contributed by atoms with Gasteiger partial charge in [-0.3, -0.25) is 0 Å². The molecule has 0 heterocycles. The average molecular weight is 225 g/mol. The van der Waals surface area contributed by atoms with Crippen molar-refractivity contribution < 1.29 is 12.8 Å². The van der Waals surface area contributed by atoms with Crippen molar-refractivity contribution in [1.82, 2.24) is 4.72 Å². The van der Waals surface area contributed by atoms with Gasteiger partial charge in [0.2, 0.25) is 15.5 Å². The lowest BCUT2D eigenvalue weighted by molar-refractivity contribution is 0.382. The summed E-state index contributed by atoms with van der Waals surface area (Å²) in [6.45, 7) is 2.10. The summed E-state index contributed by atoms with van der Waals surface area (Å²) in [6, 6.07) is 0. The second-order valence-electron chi connectivity index (χ2n) is 3.36. The van der Waals surface area contributed by atoms with Crippen LogP contribution in [0.3, 0.4) is 0 Å². The van der Waals surface area contributed by atoms with Gasteiger partial charge < -0.3 is 0 Å². The molecule has 0 saturated carbocycles. The molecule has 1 unspecified atom stereocenters. The Balaban J connectivity index is 3.59. The highest BCUT2D eigenvalue weighted by atomic mass is 32.2. The Morgan fingerprint density at radius 3 is 2.29 bits per heavy atom. The summed E-state index contributed by atoms with van der Waals surface area (Å²) in [7, 11) is -2.47.